The van der Waals surface area contributed by atoms with Gasteiger partial charge in [-0.1, -0.05) is 12.1 Å². The summed E-state index contributed by atoms with van der Waals surface area (Å²) in [6, 6.07) is 11.5. The second kappa shape index (κ2) is 4.48. The summed E-state index contributed by atoms with van der Waals surface area (Å²) >= 11 is 0. The first kappa shape index (κ1) is 11.9. The summed E-state index contributed by atoms with van der Waals surface area (Å²) in [7, 11) is 0. The molecule has 0 saturated carbocycles. The monoisotopic (exact) mass is 258 g/mol. The molecule has 1 heterocycles. The number of fused-ring (bicyclic) bond motifs is 1. The number of rotatable bonds is 1. The van der Waals surface area contributed by atoms with Gasteiger partial charge in [-0.05, 0) is 35.9 Å². The number of ether oxygens (including phenoxy) is 1. The molecular formula is C15H14O4. The molecule has 0 spiro atoms. The van der Waals surface area contributed by atoms with E-state index in [1.54, 1.807) is 24.3 Å². The van der Waals surface area contributed by atoms with Crippen LogP contribution in [0.3, 0.4) is 0 Å². The van der Waals surface area contributed by atoms with Crippen LogP contribution in [0, 0.1) is 0 Å². The first-order valence-corrected chi connectivity index (χ1v) is 6.10. The Labute approximate surface area is 110 Å². The Kier molecular flexibility index (Phi) is 2.80. The van der Waals surface area contributed by atoms with Gasteiger partial charge >= 0.3 is 0 Å². The van der Waals surface area contributed by atoms with Crippen molar-refractivity contribution < 1.29 is 20.1 Å². The fourth-order valence-corrected chi connectivity index (χ4v) is 2.36. The highest BCUT2D eigenvalue weighted by molar-refractivity contribution is 5.43. The highest BCUT2D eigenvalue weighted by Crippen LogP contribution is 2.42. The van der Waals surface area contributed by atoms with E-state index >= 15 is 0 Å². The van der Waals surface area contributed by atoms with Crippen LogP contribution in [0.25, 0.3) is 0 Å². The van der Waals surface area contributed by atoms with Gasteiger partial charge in [-0.25, -0.2) is 0 Å². The second-order valence-electron chi connectivity index (χ2n) is 4.68. The largest absolute Gasteiger partial charge is 0.508 e. The maximum atomic E-state index is 10.1. The number of benzene rings is 2. The average molecular weight is 258 g/mol. The lowest BCUT2D eigenvalue weighted by molar-refractivity contribution is 0.0653. The molecule has 2 atom stereocenters. The first-order valence-electron chi connectivity index (χ1n) is 6.10. The van der Waals surface area contributed by atoms with Gasteiger partial charge in [-0.3, -0.25) is 0 Å². The number of aromatic hydroxyl groups is 2. The number of aliphatic hydroxyl groups is 1. The third-order valence-electron chi connectivity index (χ3n) is 3.30. The summed E-state index contributed by atoms with van der Waals surface area (Å²) in [6.07, 6.45) is -0.609. The van der Waals surface area contributed by atoms with Crippen LogP contribution in [0.5, 0.6) is 17.2 Å². The summed E-state index contributed by atoms with van der Waals surface area (Å²) in [5, 5.41) is 29.0. The maximum absolute atomic E-state index is 10.1. The molecule has 2 aromatic rings. The Hall–Kier alpha value is -2.20. The van der Waals surface area contributed by atoms with Gasteiger partial charge in [0.25, 0.3) is 0 Å². The molecule has 3 rings (SSSR count). The lowest BCUT2D eigenvalue weighted by Gasteiger charge is -2.30. The summed E-state index contributed by atoms with van der Waals surface area (Å²) in [5.74, 6) is 0.842. The molecule has 0 fully saturated rings. The SMILES string of the molecule is Oc1cccc(C2CC(O)c3cc(O)ccc3O2)c1. The number of hydrogen-bond donors (Lipinski definition) is 3. The van der Waals surface area contributed by atoms with E-state index in [1.807, 2.05) is 6.07 Å². The van der Waals surface area contributed by atoms with Crippen LogP contribution < -0.4 is 4.74 Å². The van der Waals surface area contributed by atoms with E-state index in [9.17, 15) is 15.3 Å². The van der Waals surface area contributed by atoms with Gasteiger partial charge in [0.05, 0.1) is 6.10 Å². The molecule has 0 bridgehead atoms. The lowest BCUT2D eigenvalue weighted by Crippen LogP contribution is -2.18. The molecule has 0 aliphatic carbocycles. The molecule has 1 aliphatic heterocycles. The van der Waals surface area contributed by atoms with Crippen LogP contribution in [0.1, 0.15) is 29.8 Å². The lowest BCUT2D eigenvalue weighted by atomic mass is 9.95. The van der Waals surface area contributed by atoms with Crippen LogP contribution in [-0.2, 0) is 0 Å². The molecule has 2 unspecified atom stereocenters. The van der Waals surface area contributed by atoms with Gasteiger partial charge < -0.3 is 20.1 Å². The Balaban J connectivity index is 1.95. The minimum atomic E-state index is -0.691. The molecule has 0 radical (unpaired) electrons. The van der Waals surface area contributed by atoms with Crippen molar-refractivity contribution in [2.75, 3.05) is 0 Å². The quantitative estimate of drug-likeness (QED) is 0.735. The third kappa shape index (κ3) is 2.22. The van der Waals surface area contributed by atoms with Crippen molar-refractivity contribution in [3.8, 4) is 17.2 Å². The summed E-state index contributed by atoms with van der Waals surface area (Å²) in [5.41, 5.74) is 1.41. The minimum absolute atomic E-state index is 0.109. The zero-order chi connectivity index (χ0) is 13.4. The Morgan fingerprint density at radius 2 is 1.79 bits per heavy atom. The maximum Gasteiger partial charge on any atom is 0.127 e. The Morgan fingerprint density at radius 3 is 2.58 bits per heavy atom. The van der Waals surface area contributed by atoms with Crippen molar-refractivity contribution >= 4 is 0 Å². The second-order valence-corrected chi connectivity index (χ2v) is 4.68. The Morgan fingerprint density at radius 1 is 1.00 bits per heavy atom. The van der Waals surface area contributed by atoms with Crippen molar-refractivity contribution in [2.24, 2.45) is 0 Å². The first-order chi connectivity index (χ1) is 9.13. The van der Waals surface area contributed by atoms with Gasteiger partial charge in [0.2, 0.25) is 0 Å². The normalized spacial score (nSPS) is 21.5. The van der Waals surface area contributed by atoms with Gasteiger partial charge in [0, 0.05) is 12.0 Å². The molecule has 19 heavy (non-hydrogen) atoms. The van der Waals surface area contributed by atoms with Crippen LogP contribution in [-0.4, -0.2) is 15.3 Å². The van der Waals surface area contributed by atoms with Gasteiger partial charge in [-0.15, -0.1) is 0 Å². The summed E-state index contributed by atoms with van der Waals surface area (Å²) in [6.45, 7) is 0. The van der Waals surface area contributed by atoms with E-state index < -0.39 is 6.10 Å². The zero-order valence-corrected chi connectivity index (χ0v) is 10.2. The molecule has 0 amide bonds. The van der Waals surface area contributed by atoms with Gasteiger partial charge in [0.15, 0.2) is 0 Å². The molecule has 0 saturated heterocycles. The molecule has 4 heteroatoms. The topological polar surface area (TPSA) is 69.9 Å². The van der Waals surface area contributed by atoms with Crippen LogP contribution in [0.15, 0.2) is 42.5 Å². The van der Waals surface area contributed by atoms with Crippen molar-refractivity contribution in [1.82, 2.24) is 0 Å². The van der Waals surface area contributed by atoms with Gasteiger partial charge in [0.1, 0.15) is 23.4 Å². The highest BCUT2D eigenvalue weighted by atomic mass is 16.5. The standard InChI is InChI=1S/C15H14O4/c16-10-3-1-2-9(6-10)15-8-13(18)12-7-11(17)4-5-14(12)19-15/h1-7,13,15-18H,8H2. The molecule has 98 valence electrons. The number of aliphatic hydroxyl groups excluding tert-OH is 1. The smallest absolute Gasteiger partial charge is 0.127 e. The van der Waals surface area contributed by atoms with E-state index in [0.717, 1.165) is 5.56 Å². The molecule has 2 aromatic carbocycles. The summed E-state index contributed by atoms with van der Waals surface area (Å²) in [4.78, 5) is 0. The molecular weight excluding hydrogens is 244 g/mol. The Bertz CT molecular complexity index is 609. The van der Waals surface area contributed by atoms with E-state index in [1.165, 1.54) is 12.1 Å². The van der Waals surface area contributed by atoms with E-state index in [-0.39, 0.29) is 17.6 Å². The average Bonchev–Trinajstić information content (AvgIpc) is 2.39. The third-order valence-corrected chi connectivity index (χ3v) is 3.30. The fourth-order valence-electron chi connectivity index (χ4n) is 2.36. The van der Waals surface area contributed by atoms with Crippen LogP contribution in [0.2, 0.25) is 0 Å². The zero-order valence-electron chi connectivity index (χ0n) is 10.2. The van der Waals surface area contributed by atoms with Gasteiger partial charge in [-0.2, -0.15) is 0 Å². The van der Waals surface area contributed by atoms with E-state index in [0.29, 0.717) is 17.7 Å². The van der Waals surface area contributed by atoms with E-state index in [4.69, 9.17) is 4.74 Å². The predicted octanol–water partition coefficient (Wildman–Crippen LogP) is 2.66. The van der Waals surface area contributed by atoms with Crippen molar-refractivity contribution in [3.63, 3.8) is 0 Å². The van der Waals surface area contributed by atoms with Crippen LogP contribution >= 0.6 is 0 Å². The number of phenolic OH excluding ortho intramolecular Hbond substituents is 2. The number of phenols is 2. The molecule has 0 aromatic heterocycles. The van der Waals surface area contributed by atoms with Crippen molar-refractivity contribution in [1.29, 1.82) is 0 Å². The molecule has 1 aliphatic rings. The highest BCUT2D eigenvalue weighted by Gasteiger charge is 2.28. The van der Waals surface area contributed by atoms with Crippen molar-refractivity contribution in [2.45, 2.75) is 18.6 Å². The number of hydrogen-bond acceptors (Lipinski definition) is 4. The fraction of sp³-hybridized carbons (Fsp3) is 0.200. The minimum Gasteiger partial charge on any atom is -0.508 e. The van der Waals surface area contributed by atoms with Crippen molar-refractivity contribution in [3.05, 3.63) is 53.6 Å². The molecule has 3 N–H and O–H groups in total. The summed E-state index contributed by atoms with van der Waals surface area (Å²) < 4.78 is 5.82. The van der Waals surface area contributed by atoms with E-state index in [2.05, 4.69) is 0 Å². The van der Waals surface area contributed by atoms with Crippen LogP contribution in [0.4, 0.5) is 0 Å². The molecule has 4 nitrogen and oxygen atoms in total. The predicted molar refractivity (Wildman–Crippen MR) is 69.2 cm³/mol.